The smallest absolute Gasteiger partial charge is 0.240 e. The number of carbonyl (C=O) groups is 1. The lowest BCUT2D eigenvalue weighted by Crippen LogP contribution is -2.54. The number of nitrogens with two attached hydrogens (primary N) is 1. The predicted octanol–water partition coefficient (Wildman–Crippen LogP) is 1.69. The van der Waals surface area contributed by atoms with Gasteiger partial charge >= 0.3 is 0 Å². The zero-order valence-electron chi connectivity index (χ0n) is 11.5. The molecule has 1 heterocycles. The van der Waals surface area contributed by atoms with E-state index in [2.05, 4.69) is 5.32 Å². The quantitative estimate of drug-likeness (QED) is 0.881. The van der Waals surface area contributed by atoms with Crippen LogP contribution in [-0.2, 0) is 11.3 Å². The standard InChI is InChI=1S/C15H20N2O3/c16-15(6-2-1-3-7-15)14(18)17-9-11-4-5-12-13(8-11)20-10-19-12/h4-5,8H,1-3,6-7,9-10,16H2,(H,17,18). The minimum Gasteiger partial charge on any atom is -0.454 e. The fourth-order valence-corrected chi connectivity index (χ4v) is 2.82. The first kappa shape index (κ1) is 13.2. The van der Waals surface area contributed by atoms with Crippen molar-refractivity contribution < 1.29 is 14.3 Å². The van der Waals surface area contributed by atoms with Crippen LogP contribution in [0.4, 0.5) is 0 Å². The van der Waals surface area contributed by atoms with Crippen LogP contribution in [0.3, 0.4) is 0 Å². The lowest BCUT2D eigenvalue weighted by Gasteiger charge is -2.31. The summed E-state index contributed by atoms with van der Waals surface area (Å²) in [5, 5.41) is 2.94. The number of rotatable bonds is 3. The zero-order chi connectivity index (χ0) is 14.0. The Morgan fingerprint density at radius 3 is 2.75 bits per heavy atom. The van der Waals surface area contributed by atoms with Gasteiger partial charge in [-0.2, -0.15) is 0 Å². The van der Waals surface area contributed by atoms with Crippen molar-refractivity contribution in [3.05, 3.63) is 23.8 Å². The van der Waals surface area contributed by atoms with E-state index in [-0.39, 0.29) is 12.7 Å². The summed E-state index contributed by atoms with van der Waals surface area (Å²) in [6, 6.07) is 5.69. The molecule has 1 saturated carbocycles. The monoisotopic (exact) mass is 276 g/mol. The Bertz CT molecular complexity index is 510. The Hall–Kier alpha value is -1.75. The fraction of sp³-hybridized carbons (Fsp3) is 0.533. The highest BCUT2D eigenvalue weighted by Gasteiger charge is 2.34. The van der Waals surface area contributed by atoms with Gasteiger partial charge in [-0.1, -0.05) is 25.3 Å². The molecular formula is C15H20N2O3. The van der Waals surface area contributed by atoms with E-state index >= 15 is 0 Å². The van der Waals surface area contributed by atoms with Gasteiger partial charge < -0.3 is 20.5 Å². The van der Waals surface area contributed by atoms with Crippen LogP contribution in [0.25, 0.3) is 0 Å². The molecule has 0 unspecified atom stereocenters. The number of hydrogen-bond acceptors (Lipinski definition) is 4. The molecule has 3 rings (SSSR count). The van der Waals surface area contributed by atoms with Crippen molar-refractivity contribution in [1.29, 1.82) is 0 Å². The van der Waals surface area contributed by atoms with Crippen LogP contribution in [0.15, 0.2) is 18.2 Å². The molecule has 1 amide bonds. The Morgan fingerprint density at radius 2 is 1.95 bits per heavy atom. The number of hydrogen-bond donors (Lipinski definition) is 2. The molecule has 2 aliphatic rings. The first-order valence-electron chi connectivity index (χ1n) is 7.13. The normalized spacial score (nSPS) is 19.6. The number of nitrogens with one attached hydrogen (secondary N) is 1. The molecule has 1 aliphatic carbocycles. The molecule has 5 heteroatoms. The lowest BCUT2D eigenvalue weighted by molar-refractivity contribution is -0.127. The Morgan fingerprint density at radius 1 is 1.20 bits per heavy atom. The molecule has 1 aliphatic heterocycles. The van der Waals surface area contributed by atoms with E-state index in [4.69, 9.17) is 15.2 Å². The molecule has 0 bridgehead atoms. The average molecular weight is 276 g/mol. The first-order valence-corrected chi connectivity index (χ1v) is 7.13. The molecular weight excluding hydrogens is 256 g/mol. The maximum atomic E-state index is 12.2. The summed E-state index contributed by atoms with van der Waals surface area (Å²) in [6.07, 6.45) is 4.80. The van der Waals surface area contributed by atoms with Crippen LogP contribution >= 0.6 is 0 Å². The Labute approximate surface area is 118 Å². The van der Waals surface area contributed by atoms with Crippen molar-refractivity contribution in [2.45, 2.75) is 44.2 Å². The summed E-state index contributed by atoms with van der Waals surface area (Å²) in [5.74, 6) is 1.44. The second-order valence-electron chi connectivity index (χ2n) is 5.59. The second-order valence-corrected chi connectivity index (χ2v) is 5.59. The third kappa shape index (κ3) is 2.58. The summed E-state index contributed by atoms with van der Waals surface area (Å²) < 4.78 is 10.6. The number of ether oxygens (including phenoxy) is 2. The van der Waals surface area contributed by atoms with Crippen LogP contribution < -0.4 is 20.5 Å². The summed E-state index contributed by atoms with van der Waals surface area (Å²) >= 11 is 0. The van der Waals surface area contributed by atoms with Gasteiger partial charge in [-0.15, -0.1) is 0 Å². The molecule has 108 valence electrons. The molecule has 1 aromatic carbocycles. The third-order valence-corrected chi connectivity index (χ3v) is 4.09. The summed E-state index contributed by atoms with van der Waals surface area (Å²) in [7, 11) is 0. The first-order chi connectivity index (χ1) is 9.67. The predicted molar refractivity (Wildman–Crippen MR) is 74.4 cm³/mol. The van der Waals surface area contributed by atoms with Crippen LogP contribution in [-0.4, -0.2) is 18.2 Å². The SMILES string of the molecule is NC1(C(=O)NCc2ccc3c(c2)OCO3)CCCCC1. The van der Waals surface area contributed by atoms with Crippen LogP contribution in [0.1, 0.15) is 37.7 Å². The number of amides is 1. The van der Waals surface area contributed by atoms with Gasteiger partial charge in [-0.3, -0.25) is 4.79 Å². The van der Waals surface area contributed by atoms with E-state index < -0.39 is 5.54 Å². The average Bonchev–Trinajstić information content (AvgIpc) is 2.93. The third-order valence-electron chi connectivity index (χ3n) is 4.09. The van der Waals surface area contributed by atoms with Crippen molar-refractivity contribution in [2.75, 3.05) is 6.79 Å². The van der Waals surface area contributed by atoms with E-state index in [1.807, 2.05) is 18.2 Å². The molecule has 0 atom stereocenters. The largest absolute Gasteiger partial charge is 0.454 e. The highest BCUT2D eigenvalue weighted by atomic mass is 16.7. The van der Waals surface area contributed by atoms with Gasteiger partial charge in [0.2, 0.25) is 12.7 Å². The maximum Gasteiger partial charge on any atom is 0.240 e. The van der Waals surface area contributed by atoms with Gasteiger partial charge in [-0.05, 0) is 30.5 Å². The summed E-state index contributed by atoms with van der Waals surface area (Å²) in [6.45, 7) is 0.728. The summed E-state index contributed by atoms with van der Waals surface area (Å²) in [4.78, 5) is 12.2. The van der Waals surface area contributed by atoms with E-state index in [9.17, 15) is 4.79 Å². The maximum absolute atomic E-state index is 12.2. The Balaban J connectivity index is 1.60. The minimum absolute atomic E-state index is 0.0464. The molecule has 3 N–H and O–H groups in total. The van der Waals surface area contributed by atoms with E-state index in [1.165, 1.54) is 6.42 Å². The molecule has 20 heavy (non-hydrogen) atoms. The van der Waals surface area contributed by atoms with Crippen LogP contribution in [0.2, 0.25) is 0 Å². The van der Waals surface area contributed by atoms with Gasteiger partial charge in [0.05, 0.1) is 5.54 Å². The molecule has 0 radical (unpaired) electrons. The van der Waals surface area contributed by atoms with E-state index in [0.717, 1.165) is 42.7 Å². The number of benzene rings is 1. The van der Waals surface area contributed by atoms with Gasteiger partial charge in [0.15, 0.2) is 11.5 Å². The molecule has 0 aromatic heterocycles. The van der Waals surface area contributed by atoms with Gasteiger partial charge in [-0.25, -0.2) is 0 Å². The molecule has 0 spiro atoms. The van der Waals surface area contributed by atoms with E-state index in [0.29, 0.717) is 6.54 Å². The van der Waals surface area contributed by atoms with Gasteiger partial charge in [0, 0.05) is 6.54 Å². The zero-order valence-corrected chi connectivity index (χ0v) is 11.5. The fourth-order valence-electron chi connectivity index (χ4n) is 2.82. The second kappa shape index (κ2) is 5.32. The van der Waals surface area contributed by atoms with Crippen molar-refractivity contribution in [2.24, 2.45) is 5.73 Å². The van der Waals surface area contributed by atoms with Gasteiger partial charge in [0.25, 0.3) is 0 Å². The summed E-state index contributed by atoms with van der Waals surface area (Å²) in [5.41, 5.74) is 6.50. The van der Waals surface area contributed by atoms with Crippen molar-refractivity contribution in [3.8, 4) is 11.5 Å². The van der Waals surface area contributed by atoms with Crippen molar-refractivity contribution in [3.63, 3.8) is 0 Å². The molecule has 0 saturated heterocycles. The van der Waals surface area contributed by atoms with Crippen LogP contribution in [0.5, 0.6) is 11.5 Å². The van der Waals surface area contributed by atoms with Crippen molar-refractivity contribution >= 4 is 5.91 Å². The highest BCUT2D eigenvalue weighted by Crippen LogP contribution is 2.32. The molecule has 5 nitrogen and oxygen atoms in total. The van der Waals surface area contributed by atoms with Crippen molar-refractivity contribution in [1.82, 2.24) is 5.32 Å². The van der Waals surface area contributed by atoms with Gasteiger partial charge in [0.1, 0.15) is 0 Å². The Kier molecular flexibility index (Phi) is 3.53. The lowest BCUT2D eigenvalue weighted by atomic mass is 9.82. The van der Waals surface area contributed by atoms with Crippen LogP contribution in [0, 0.1) is 0 Å². The topological polar surface area (TPSA) is 73.6 Å². The highest BCUT2D eigenvalue weighted by molar-refractivity contribution is 5.86. The number of carbonyl (C=O) groups excluding carboxylic acids is 1. The number of fused-ring (bicyclic) bond motifs is 1. The molecule has 1 aromatic rings. The van der Waals surface area contributed by atoms with E-state index in [1.54, 1.807) is 0 Å². The molecule has 1 fully saturated rings. The minimum atomic E-state index is -0.686.